The fourth-order valence-corrected chi connectivity index (χ4v) is 3.61. The molecule has 1 aliphatic rings. The molecule has 10 heteroatoms. The fraction of sp³-hybridized carbons (Fsp3) is 0.600. The molecular formula is C15H21F3N6S. The molecule has 1 aliphatic heterocycles. The molecule has 25 heavy (non-hydrogen) atoms. The number of piperazine rings is 1. The van der Waals surface area contributed by atoms with E-state index >= 15 is 0 Å². The first kappa shape index (κ1) is 18.0. The van der Waals surface area contributed by atoms with Gasteiger partial charge in [-0.25, -0.2) is 4.98 Å². The molecule has 1 N–H and O–H groups in total. The van der Waals surface area contributed by atoms with E-state index in [1.165, 1.54) is 11.8 Å². The van der Waals surface area contributed by atoms with Crippen LogP contribution in [0, 0.1) is 0 Å². The van der Waals surface area contributed by atoms with Crippen LogP contribution in [0.5, 0.6) is 0 Å². The second-order valence-corrected chi connectivity index (χ2v) is 6.84. The molecule has 1 atom stereocenters. The number of fused-ring (bicyclic) bond motifs is 1. The minimum absolute atomic E-state index is 0.363. The van der Waals surface area contributed by atoms with Gasteiger partial charge >= 0.3 is 6.18 Å². The Labute approximate surface area is 148 Å². The zero-order chi connectivity index (χ0) is 18.0. The van der Waals surface area contributed by atoms with E-state index in [2.05, 4.69) is 15.3 Å². The zero-order valence-electron chi connectivity index (χ0n) is 14.1. The number of nitrogens with zero attached hydrogens (tertiary/aromatic N) is 5. The summed E-state index contributed by atoms with van der Waals surface area (Å²) in [5, 5.41) is 5.22. The Hall–Kier alpha value is -1.81. The van der Waals surface area contributed by atoms with Gasteiger partial charge in [-0.1, -0.05) is 0 Å². The van der Waals surface area contributed by atoms with Crippen molar-refractivity contribution < 1.29 is 13.2 Å². The van der Waals surface area contributed by atoms with Gasteiger partial charge in [-0.3, -0.25) is 14.3 Å². The minimum atomic E-state index is -4.18. The molecule has 3 rings (SSSR count). The SMILES string of the molecule is CN=C(NCc1cn2ccsc2n1)N1CCN(C(C)C(F)(F)F)CC1. The van der Waals surface area contributed by atoms with Gasteiger partial charge in [-0.15, -0.1) is 11.3 Å². The molecule has 2 aromatic rings. The lowest BCUT2D eigenvalue weighted by Gasteiger charge is -2.39. The molecule has 6 nitrogen and oxygen atoms in total. The van der Waals surface area contributed by atoms with Crippen molar-refractivity contribution in [3.8, 4) is 0 Å². The zero-order valence-corrected chi connectivity index (χ0v) is 14.9. The van der Waals surface area contributed by atoms with Crippen molar-refractivity contribution in [2.45, 2.75) is 25.7 Å². The Morgan fingerprint density at radius 2 is 2.08 bits per heavy atom. The Morgan fingerprint density at radius 1 is 1.36 bits per heavy atom. The van der Waals surface area contributed by atoms with Gasteiger partial charge in [0.25, 0.3) is 0 Å². The Bertz CT molecular complexity index is 701. The average molecular weight is 374 g/mol. The summed E-state index contributed by atoms with van der Waals surface area (Å²) in [6.45, 7) is 3.49. The van der Waals surface area contributed by atoms with Gasteiger partial charge in [0.05, 0.1) is 12.2 Å². The van der Waals surface area contributed by atoms with E-state index < -0.39 is 12.2 Å². The summed E-state index contributed by atoms with van der Waals surface area (Å²) in [6.07, 6.45) is -0.280. The van der Waals surface area contributed by atoms with E-state index in [0.29, 0.717) is 38.7 Å². The third-order valence-electron chi connectivity index (χ3n) is 4.42. The molecular weight excluding hydrogens is 353 g/mol. The van der Waals surface area contributed by atoms with Gasteiger partial charge in [-0.2, -0.15) is 13.2 Å². The molecule has 1 unspecified atom stereocenters. The third kappa shape index (κ3) is 4.06. The van der Waals surface area contributed by atoms with Crippen molar-refractivity contribution in [1.82, 2.24) is 24.5 Å². The summed E-state index contributed by atoms with van der Waals surface area (Å²) in [5.74, 6) is 0.690. The number of aliphatic imine (C=N–C) groups is 1. The van der Waals surface area contributed by atoms with Crippen molar-refractivity contribution in [2.24, 2.45) is 4.99 Å². The van der Waals surface area contributed by atoms with Gasteiger partial charge in [0.1, 0.15) is 6.04 Å². The second kappa shape index (κ2) is 7.20. The van der Waals surface area contributed by atoms with Crippen molar-refractivity contribution in [2.75, 3.05) is 33.2 Å². The fourth-order valence-electron chi connectivity index (χ4n) is 2.89. The molecule has 2 aromatic heterocycles. The number of rotatable bonds is 3. The highest BCUT2D eigenvalue weighted by molar-refractivity contribution is 7.15. The van der Waals surface area contributed by atoms with Crippen LogP contribution >= 0.6 is 11.3 Å². The minimum Gasteiger partial charge on any atom is -0.351 e. The number of halogens is 3. The van der Waals surface area contributed by atoms with Gasteiger partial charge < -0.3 is 10.2 Å². The molecule has 0 aromatic carbocycles. The predicted octanol–water partition coefficient (Wildman–Crippen LogP) is 2.04. The van der Waals surface area contributed by atoms with Crippen LogP contribution in [-0.4, -0.2) is 70.6 Å². The largest absolute Gasteiger partial charge is 0.403 e. The predicted molar refractivity (Wildman–Crippen MR) is 91.9 cm³/mol. The van der Waals surface area contributed by atoms with Crippen LogP contribution in [0.25, 0.3) is 4.96 Å². The van der Waals surface area contributed by atoms with Crippen LogP contribution in [-0.2, 0) is 6.54 Å². The number of thiazole rings is 1. The Kier molecular flexibility index (Phi) is 5.19. The first-order chi connectivity index (χ1) is 11.9. The molecule has 0 bridgehead atoms. The van der Waals surface area contributed by atoms with Crippen LogP contribution in [0.3, 0.4) is 0 Å². The monoisotopic (exact) mass is 374 g/mol. The smallest absolute Gasteiger partial charge is 0.351 e. The highest BCUT2D eigenvalue weighted by Gasteiger charge is 2.41. The quantitative estimate of drug-likeness (QED) is 0.660. The molecule has 0 spiro atoms. The second-order valence-electron chi connectivity index (χ2n) is 5.97. The van der Waals surface area contributed by atoms with Crippen LogP contribution in [0.4, 0.5) is 13.2 Å². The Morgan fingerprint density at radius 3 is 2.68 bits per heavy atom. The summed E-state index contributed by atoms with van der Waals surface area (Å²) < 4.78 is 40.4. The lowest BCUT2D eigenvalue weighted by molar-refractivity contribution is -0.181. The first-order valence-corrected chi connectivity index (χ1v) is 8.94. The molecule has 1 saturated heterocycles. The lowest BCUT2D eigenvalue weighted by Crippen LogP contribution is -2.56. The molecule has 1 fully saturated rings. The summed E-state index contributed by atoms with van der Waals surface area (Å²) in [6, 6.07) is -1.41. The average Bonchev–Trinajstić information content (AvgIpc) is 3.16. The van der Waals surface area contributed by atoms with Crippen molar-refractivity contribution in [3.63, 3.8) is 0 Å². The molecule has 138 valence electrons. The number of alkyl halides is 3. The van der Waals surface area contributed by atoms with E-state index in [9.17, 15) is 13.2 Å². The molecule has 0 saturated carbocycles. The molecule has 0 amide bonds. The number of hydrogen-bond acceptors (Lipinski definition) is 4. The van der Waals surface area contributed by atoms with Crippen molar-refractivity contribution in [1.29, 1.82) is 0 Å². The normalized spacial score (nSPS) is 18.8. The van der Waals surface area contributed by atoms with Crippen molar-refractivity contribution >= 4 is 22.3 Å². The van der Waals surface area contributed by atoms with E-state index in [1.54, 1.807) is 18.4 Å². The molecule has 0 aliphatic carbocycles. The maximum Gasteiger partial charge on any atom is 0.403 e. The third-order valence-corrected chi connectivity index (χ3v) is 5.19. The topological polar surface area (TPSA) is 48.2 Å². The van der Waals surface area contributed by atoms with Gasteiger partial charge in [-0.05, 0) is 6.92 Å². The van der Waals surface area contributed by atoms with E-state index in [4.69, 9.17) is 0 Å². The first-order valence-electron chi connectivity index (χ1n) is 8.06. The number of aromatic nitrogens is 2. The molecule has 3 heterocycles. The van der Waals surface area contributed by atoms with Crippen LogP contribution in [0.15, 0.2) is 22.8 Å². The highest BCUT2D eigenvalue weighted by atomic mass is 32.1. The van der Waals surface area contributed by atoms with E-state index in [0.717, 1.165) is 10.7 Å². The Balaban J connectivity index is 1.53. The lowest BCUT2D eigenvalue weighted by atomic mass is 10.2. The van der Waals surface area contributed by atoms with Gasteiger partial charge in [0.15, 0.2) is 10.9 Å². The number of hydrogen-bond donors (Lipinski definition) is 1. The van der Waals surface area contributed by atoms with Crippen LogP contribution in [0.2, 0.25) is 0 Å². The maximum atomic E-state index is 12.8. The van der Waals surface area contributed by atoms with Crippen LogP contribution < -0.4 is 5.32 Å². The van der Waals surface area contributed by atoms with Gasteiger partial charge in [0, 0.05) is 51.0 Å². The van der Waals surface area contributed by atoms with E-state index in [-0.39, 0.29) is 0 Å². The summed E-state index contributed by atoms with van der Waals surface area (Å²) in [7, 11) is 1.68. The molecule has 0 radical (unpaired) electrons. The summed E-state index contributed by atoms with van der Waals surface area (Å²) in [5.41, 5.74) is 0.900. The van der Waals surface area contributed by atoms with Gasteiger partial charge in [0.2, 0.25) is 0 Å². The summed E-state index contributed by atoms with van der Waals surface area (Å²) >= 11 is 1.57. The number of imidazole rings is 1. The summed E-state index contributed by atoms with van der Waals surface area (Å²) in [4.78, 5) is 13.1. The van der Waals surface area contributed by atoms with Crippen LogP contribution in [0.1, 0.15) is 12.6 Å². The number of nitrogens with one attached hydrogen (secondary N) is 1. The van der Waals surface area contributed by atoms with Crippen molar-refractivity contribution in [3.05, 3.63) is 23.5 Å². The standard InChI is InChI=1S/C15H21F3N6S/c1-11(15(16,17)18)22-3-5-23(6-4-22)13(19-2)20-9-12-10-24-7-8-25-14(24)21-12/h7-8,10-11H,3-6,9H2,1-2H3,(H,19,20). The highest BCUT2D eigenvalue weighted by Crippen LogP contribution is 2.25. The number of guanidine groups is 1. The van der Waals surface area contributed by atoms with E-state index in [1.807, 2.05) is 27.1 Å². The maximum absolute atomic E-state index is 12.8.